The van der Waals surface area contributed by atoms with Crippen molar-refractivity contribution < 1.29 is 32.7 Å². The van der Waals surface area contributed by atoms with Crippen molar-refractivity contribution >= 4 is 29.1 Å². The summed E-state index contributed by atoms with van der Waals surface area (Å²) in [5.74, 6) is -1.81. The lowest BCUT2D eigenvalue weighted by molar-refractivity contribution is -0.192. The number of nitrogens with one attached hydrogen (secondary N) is 1. The molecule has 0 radical (unpaired) electrons. The van der Waals surface area contributed by atoms with E-state index >= 15 is 0 Å². The smallest absolute Gasteiger partial charge is 0.475 e. The fourth-order valence-electron chi connectivity index (χ4n) is 5.02. The molecule has 4 heterocycles. The predicted octanol–water partition coefficient (Wildman–Crippen LogP) is 3.14. The Morgan fingerprint density at radius 3 is 2.39 bits per heavy atom. The van der Waals surface area contributed by atoms with E-state index in [2.05, 4.69) is 17.1 Å². The van der Waals surface area contributed by atoms with Gasteiger partial charge in [0.05, 0.1) is 10.8 Å². The van der Waals surface area contributed by atoms with Crippen LogP contribution < -0.4 is 5.32 Å². The number of alkyl halides is 3. The molecule has 0 saturated carbocycles. The van der Waals surface area contributed by atoms with E-state index in [1.807, 2.05) is 24.0 Å². The number of carbonyl (C=O) groups is 3. The second kappa shape index (κ2) is 10.0. The van der Waals surface area contributed by atoms with E-state index in [1.54, 1.807) is 11.3 Å². The van der Waals surface area contributed by atoms with Gasteiger partial charge in [-0.25, -0.2) is 4.79 Å². The quantitative estimate of drug-likeness (QED) is 0.678. The molecular weight excluding hydrogens is 459 g/mol. The van der Waals surface area contributed by atoms with E-state index in [4.69, 9.17) is 9.90 Å². The summed E-state index contributed by atoms with van der Waals surface area (Å²) in [5, 5.41) is 10.5. The van der Waals surface area contributed by atoms with Gasteiger partial charge in [-0.3, -0.25) is 9.59 Å². The van der Waals surface area contributed by atoms with Crippen LogP contribution in [0.1, 0.15) is 47.2 Å². The van der Waals surface area contributed by atoms with Gasteiger partial charge in [0.15, 0.2) is 0 Å². The molecule has 0 aromatic carbocycles. The first-order valence-electron chi connectivity index (χ1n) is 11.2. The highest BCUT2D eigenvalue weighted by atomic mass is 32.1. The number of aryl methyl sites for hydroxylation is 1. The number of carbonyl (C=O) groups excluding carboxylic acids is 2. The molecule has 1 aromatic rings. The predicted molar refractivity (Wildman–Crippen MR) is 117 cm³/mol. The number of hydrogen-bond acceptors (Lipinski definition) is 5. The van der Waals surface area contributed by atoms with Gasteiger partial charge in [0.1, 0.15) is 0 Å². The van der Waals surface area contributed by atoms with Gasteiger partial charge in [0, 0.05) is 42.5 Å². The minimum Gasteiger partial charge on any atom is -0.475 e. The zero-order chi connectivity index (χ0) is 24.4. The van der Waals surface area contributed by atoms with E-state index in [0.717, 1.165) is 50.4 Å². The van der Waals surface area contributed by atoms with Crippen LogP contribution in [0.5, 0.6) is 0 Å². The summed E-state index contributed by atoms with van der Waals surface area (Å²) in [6.07, 6.45) is -0.908. The zero-order valence-electron chi connectivity index (χ0n) is 18.8. The highest BCUT2D eigenvalue weighted by Crippen LogP contribution is 2.44. The summed E-state index contributed by atoms with van der Waals surface area (Å²) in [4.78, 5) is 40.6. The minimum absolute atomic E-state index is 0.0924. The van der Waals surface area contributed by atoms with Gasteiger partial charge in [-0.2, -0.15) is 13.2 Å². The van der Waals surface area contributed by atoms with Crippen LogP contribution in [0.2, 0.25) is 0 Å². The van der Waals surface area contributed by atoms with Crippen molar-refractivity contribution in [1.82, 2.24) is 15.1 Å². The van der Waals surface area contributed by atoms with Crippen molar-refractivity contribution in [2.75, 3.05) is 32.7 Å². The van der Waals surface area contributed by atoms with Crippen LogP contribution in [0, 0.1) is 18.8 Å². The number of hydrogen-bond donors (Lipinski definition) is 2. The summed E-state index contributed by atoms with van der Waals surface area (Å²) in [5.41, 5.74) is -0.0924. The molecule has 0 unspecified atom stereocenters. The van der Waals surface area contributed by atoms with Gasteiger partial charge in [-0.05, 0) is 44.9 Å². The topological polar surface area (TPSA) is 90.0 Å². The normalized spacial score (nSPS) is 24.3. The molecule has 2 amide bonds. The Morgan fingerprint density at radius 1 is 1.24 bits per heavy atom. The molecule has 1 aromatic heterocycles. The van der Waals surface area contributed by atoms with Crippen LogP contribution in [0.4, 0.5) is 13.2 Å². The number of thiophene rings is 1. The standard InChI is InChI=1S/C20H29N3O2S.C2HF3O2/c1-3-4-9-22-12-15-16(13-22)20(21-18(15)24)7-10-23(11-8-20)19(25)17-6-5-14(2)26-17;3-2(4,5)1(6)7/h5-6,15-16H,3-4,7-13H2,1-2H3,(H,21,24);(H,6,7)/t15-,16+;/m1./s1. The maximum absolute atomic E-state index is 12.7. The SMILES string of the molecule is CCCCN1C[C@H]2C(=O)NC3(CCN(C(=O)c4ccc(C)s4)CC3)[C@H]2C1.O=C(O)C(F)(F)F. The average Bonchev–Trinajstić information content (AvgIpc) is 3.44. The Kier molecular flexibility index (Phi) is 7.73. The van der Waals surface area contributed by atoms with Gasteiger partial charge in [0.25, 0.3) is 5.91 Å². The summed E-state index contributed by atoms with van der Waals surface area (Å²) < 4.78 is 31.7. The number of carboxylic acids is 1. The van der Waals surface area contributed by atoms with Crippen LogP contribution in [-0.2, 0) is 9.59 Å². The third-order valence-corrected chi connectivity index (χ3v) is 7.77. The Bertz CT molecular complexity index is 880. The van der Waals surface area contributed by atoms with Crippen molar-refractivity contribution in [1.29, 1.82) is 0 Å². The molecule has 0 aliphatic carbocycles. The van der Waals surface area contributed by atoms with Crippen molar-refractivity contribution in [2.45, 2.75) is 51.2 Å². The molecule has 3 aliphatic heterocycles. The Balaban J connectivity index is 0.000000383. The van der Waals surface area contributed by atoms with Crippen molar-refractivity contribution in [3.63, 3.8) is 0 Å². The molecule has 3 aliphatic rings. The third-order valence-electron chi connectivity index (χ3n) is 6.78. The van der Waals surface area contributed by atoms with Crippen molar-refractivity contribution in [2.24, 2.45) is 11.8 Å². The molecule has 2 N–H and O–H groups in total. The fraction of sp³-hybridized carbons (Fsp3) is 0.682. The molecule has 0 bridgehead atoms. The van der Waals surface area contributed by atoms with Gasteiger partial charge in [-0.1, -0.05) is 13.3 Å². The number of rotatable bonds is 4. The number of piperidine rings is 1. The molecule has 7 nitrogen and oxygen atoms in total. The number of nitrogens with zero attached hydrogens (tertiary/aromatic N) is 2. The minimum atomic E-state index is -5.08. The van der Waals surface area contributed by atoms with E-state index in [1.165, 1.54) is 17.7 Å². The maximum atomic E-state index is 12.7. The Hall–Kier alpha value is -2.14. The van der Waals surface area contributed by atoms with Gasteiger partial charge >= 0.3 is 12.1 Å². The summed E-state index contributed by atoms with van der Waals surface area (Å²) in [6.45, 7) is 8.78. The first-order valence-corrected chi connectivity index (χ1v) is 12.0. The molecule has 33 heavy (non-hydrogen) atoms. The maximum Gasteiger partial charge on any atom is 0.490 e. The summed E-state index contributed by atoms with van der Waals surface area (Å²) in [7, 11) is 0. The number of fused-ring (bicyclic) bond motifs is 2. The molecular formula is C22H30F3N3O4S. The van der Waals surface area contributed by atoms with Gasteiger partial charge in [0.2, 0.25) is 5.91 Å². The number of carboxylic acid groups (broad SMARTS) is 1. The zero-order valence-corrected chi connectivity index (χ0v) is 19.6. The van der Waals surface area contributed by atoms with Crippen LogP contribution in [0.25, 0.3) is 0 Å². The number of amides is 2. The van der Waals surface area contributed by atoms with E-state index < -0.39 is 12.1 Å². The van der Waals surface area contributed by atoms with Crippen LogP contribution >= 0.6 is 11.3 Å². The average molecular weight is 490 g/mol. The van der Waals surface area contributed by atoms with Gasteiger partial charge < -0.3 is 20.2 Å². The number of aliphatic carboxylic acids is 1. The fourth-order valence-corrected chi connectivity index (χ4v) is 5.85. The highest BCUT2D eigenvalue weighted by Gasteiger charge is 2.57. The molecule has 11 heteroatoms. The second-order valence-electron chi connectivity index (χ2n) is 8.98. The second-order valence-corrected chi connectivity index (χ2v) is 10.3. The van der Waals surface area contributed by atoms with Crippen LogP contribution in [-0.4, -0.2) is 77.1 Å². The Labute approximate surface area is 194 Å². The first-order chi connectivity index (χ1) is 15.5. The van der Waals surface area contributed by atoms with Crippen molar-refractivity contribution in [3.8, 4) is 0 Å². The number of unbranched alkanes of at least 4 members (excludes halogenated alkanes) is 1. The molecule has 2 atom stereocenters. The Morgan fingerprint density at radius 2 is 1.88 bits per heavy atom. The number of likely N-dealkylation sites (tertiary alicyclic amines) is 2. The lowest BCUT2D eigenvalue weighted by atomic mass is 9.75. The molecule has 1 spiro atoms. The summed E-state index contributed by atoms with van der Waals surface area (Å²) in [6, 6.07) is 3.94. The first kappa shape index (κ1) is 25.5. The lowest BCUT2D eigenvalue weighted by Gasteiger charge is -2.42. The highest BCUT2D eigenvalue weighted by molar-refractivity contribution is 7.13. The lowest BCUT2D eigenvalue weighted by Crippen LogP contribution is -2.56. The molecule has 3 fully saturated rings. The monoisotopic (exact) mass is 489 g/mol. The van der Waals surface area contributed by atoms with E-state index in [-0.39, 0.29) is 23.3 Å². The van der Waals surface area contributed by atoms with Gasteiger partial charge in [-0.15, -0.1) is 11.3 Å². The largest absolute Gasteiger partial charge is 0.490 e. The van der Waals surface area contributed by atoms with E-state index in [0.29, 0.717) is 5.92 Å². The van der Waals surface area contributed by atoms with Crippen LogP contribution in [0.3, 0.4) is 0 Å². The molecule has 3 saturated heterocycles. The molecule has 4 rings (SSSR count). The van der Waals surface area contributed by atoms with Crippen LogP contribution in [0.15, 0.2) is 12.1 Å². The van der Waals surface area contributed by atoms with Crippen molar-refractivity contribution in [3.05, 3.63) is 21.9 Å². The third kappa shape index (κ3) is 5.68. The molecule has 184 valence electrons. The summed E-state index contributed by atoms with van der Waals surface area (Å²) >= 11 is 1.57. The van der Waals surface area contributed by atoms with E-state index in [9.17, 15) is 22.8 Å². The number of halogens is 3.